The summed E-state index contributed by atoms with van der Waals surface area (Å²) >= 11 is 0. The molecule has 9 heteroatoms. The quantitative estimate of drug-likeness (QED) is 0.357. The van der Waals surface area contributed by atoms with Crippen LogP contribution >= 0.6 is 0 Å². The van der Waals surface area contributed by atoms with Crippen molar-refractivity contribution in [3.05, 3.63) is 0 Å². The minimum atomic E-state index is -1.66. The third-order valence-corrected chi connectivity index (χ3v) is 3.62. The van der Waals surface area contributed by atoms with Gasteiger partial charge in [0, 0.05) is 6.54 Å². The van der Waals surface area contributed by atoms with E-state index in [1.54, 1.807) is 0 Å². The van der Waals surface area contributed by atoms with Gasteiger partial charge in [-0.1, -0.05) is 13.8 Å². The van der Waals surface area contributed by atoms with Gasteiger partial charge in [-0.3, -0.25) is 14.5 Å². The Bertz CT molecular complexity index is 441. The lowest BCUT2D eigenvalue weighted by Crippen LogP contribution is -2.70. The Morgan fingerprint density at radius 3 is 2.36 bits per heavy atom. The molecule has 0 radical (unpaired) electrons. The summed E-state index contributed by atoms with van der Waals surface area (Å²) in [5.74, 6) is -3.49. The third kappa shape index (κ3) is 4.15. The molecule has 1 heterocycles. The molecule has 1 rings (SSSR count). The Morgan fingerprint density at radius 2 is 1.91 bits per heavy atom. The van der Waals surface area contributed by atoms with Crippen LogP contribution in [0.2, 0.25) is 0 Å². The number of hydrogen-bond acceptors (Lipinski definition) is 6. The van der Waals surface area contributed by atoms with E-state index in [0.29, 0.717) is 19.4 Å². The van der Waals surface area contributed by atoms with Crippen LogP contribution in [0.4, 0.5) is 0 Å². The zero-order valence-electron chi connectivity index (χ0n) is 12.7. The van der Waals surface area contributed by atoms with Crippen molar-refractivity contribution >= 4 is 17.9 Å². The van der Waals surface area contributed by atoms with Gasteiger partial charge in [-0.2, -0.15) is 0 Å². The molecule has 0 unspecified atom stereocenters. The van der Waals surface area contributed by atoms with Crippen LogP contribution < -0.4 is 10.9 Å². The average Bonchev–Trinajstić information content (AvgIpc) is 2.85. The fourth-order valence-electron chi connectivity index (χ4n) is 2.84. The number of aliphatic carboxylic acids is 3. The van der Waals surface area contributed by atoms with Crippen LogP contribution in [-0.4, -0.2) is 62.9 Å². The summed E-state index contributed by atoms with van der Waals surface area (Å²) in [7, 11) is 0. The van der Waals surface area contributed by atoms with E-state index in [1.165, 1.54) is 4.90 Å². The molecule has 9 nitrogen and oxygen atoms in total. The molecule has 0 aliphatic carbocycles. The number of carboxylic acids is 3. The van der Waals surface area contributed by atoms with E-state index < -0.39 is 36.2 Å². The maximum absolute atomic E-state index is 11.9. The molecule has 1 fully saturated rings. The molecule has 1 aliphatic heterocycles. The maximum atomic E-state index is 11.9. The highest BCUT2D eigenvalue weighted by Crippen LogP contribution is 2.30. The summed E-state index contributed by atoms with van der Waals surface area (Å²) in [5, 5.41) is 27.7. The monoisotopic (exact) mass is 317 g/mol. The van der Waals surface area contributed by atoms with Gasteiger partial charge in [0.15, 0.2) is 5.66 Å². The van der Waals surface area contributed by atoms with E-state index in [1.807, 2.05) is 13.8 Å². The van der Waals surface area contributed by atoms with Crippen LogP contribution in [0.15, 0.2) is 0 Å². The molecule has 0 saturated carbocycles. The highest BCUT2D eigenvalue weighted by atomic mass is 16.4. The molecule has 0 aromatic rings. The van der Waals surface area contributed by atoms with Crippen LogP contribution in [0.5, 0.6) is 0 Å². The van der Waals surface area contributed by atoms with Gasteiger partial charge in [0.1, 0.15) is 12.6 Å². The van der Waals surface area contributed by atoms with Gasteiger partial charge < -0.3 is 15.3 Å². The molecular weight excluding hydrogens is 294 g/mol. The summed E-state index contributed by atoms with van der Waals surface area (Å²) < 4.78 is 0. The second kappa shape index (κ2) is 7.52. The number of carboxylic acid groups (broad SMARTS) is 3. The first-order valence-corrected chi connectivity index (χ1v) is 7.15. The average molecular weight is 317 g/mol. The predicted octanol–water partition coefficient (Wildman–Crippen LogP) is -0.459. The van der Waals surface area contributed by atoms with Crippen molar-refractivity contribution in [2.24, 2.45) is 5.92 Å². The Hall–Kier alpha value is -1.71. The van der Waals surface area contributed by atoms with Crippen LogP contribution in [-0.2, 0) is 14.4 Å². The molecule has 0 bridgehead atoms. The third-order valence-electron chi connectivity index (χ3n) is 3.62. The molecule has 1 aliphatic rings. The lowest BCUT2D eigenvalue weighted by atomic mass is 9.95. The molecule has 126 valence electrons. The first-order chi connectivity index (χ1) is 10.2. The molecule has 2 atom stereocenters. The highest BCUT2D eigenvalue weighted by molar-refractivity contribution is 5.81. The van der Waals surface area contributed by atoms with Crippen LogP contribution in [0.25, 0.3) is 0 Å². The molecule has 0 aromatic carbocycles. The maximum Gasteiger partial charge on any atom is 0.340 e. The lowest BCUT2D eigenvalue weighted by Gasteiger charge is -2.42. The van der Waals surface area contributed by atoms with Crippen LogP contribution in [0.1, 0.15) is 33.1 Å². The summed E-state index contributed by atoms with van der Waals surface area (Å²) in [6.07, 6.45) is 1.08. The number of carbonyl (C=O) groups is 3. The molecule has 1 saturated heterocycles. The zero-order chi connectivity index (χ0) is 16.9. The van der Waals surface area contributed by atoms with E-state index in [0.717, 1.165) is 0 Å². The number of likely N-dealkylation sites (tertiary alicyclic amines) is 1. The Kier molecular flexibility index (Phi) is 6.27. The van der Waals surface area contributed by atoms with Crippen LogP contribution in [0.3, 0.4) is 0 Å². The van der Waals surface area contributed by atoms with Gasteiger partial charge in [0.25, 0.3) is 0 Å². The molecular formula is C13H23N3O6. The Balaban J connectivity index is 3.08. The fraction of sp³-hybridized carbons (Fsp3) is 0.769. The highest BCUT2D eigenvalue weighted by Gasteiger charge is 2.51. The van der Waals surface area contributed by atoms with E-state index >= 15 is 0 Å². The summed E-state index contributed by atoms with van der Waals surface area (Å²) in [6, 6.07) is -0.908. The van der Waals surface area contributed by atoms with Crippen molar-refractivity contribution in [1.29, 1.82) is 0 Å². The molecule has 5 N–H and O–H groups in total. The van der Waals surface area contributed by atoms with Gasteiger partial charge in [-0.25, -0.2) is 15.6 Å². The van der Waals surface area contributed by atoms with Crippen molar-refractivity contribution in [3.8, 4) is 0 Å². The fourth-order valence-corrected chi connectivity index (χ4v) is 2.84. The van der Waals surface area contributed by atoms with E-state index in [2.05, 4.69) is 10.9 Å². The number of hydrogen-bond donors (Lipinski definition) is 5. The van der Waals surface area contributed by atoms with Crippen LogP contribution in [0, 0.1) is 5.92 Å². The van der Waals surface area contributed by atoms with E-state index in [4.69, 9.17) is 5.11 Å². The van der Waals surface area contributed by atoms with Gasteiger partial charge in [-0.05, 0) is 25.2 Å². The summed E-state index contributed by atoms with van der Waals surface area (Å²) in [6.45, 7) is 3.49. The zero-order valence-corrected chi connectivity index (χ0v) is 12.7. The molecule has 0 amide bonds. The van der Waals surface area contributed by atoms with Gasteiger partial charge in [0.05, 0.1) is 0 Å². The topological polar surface area (TPSA) is 139 Å². The second-order valence-corrected chi connectivity index (χ2v) is 5.83. The predicted molar refractivity (Wildman–Crippen MR) is 76.0 cm³/mol. The number of hydrazine groups is 1. The summed E-state index contributed by atoms with van der Waals surface area (Å²) in [5.41, 5.74) is 3.27. The molecule has 22 heavy (non-hydrogen) atoms. The largest absolute Gasteiger partial charge is 0.480 e. The van der Waals surface area contributed by atoms with E-state index in [9.17, 15) is 24.6 Å². The first kappa shape index (κ1) is 18.3. The standard InChI is InChI=1S/C13H23N3O6/c1-8(2)6-13(12(21)22,15-14-7-10(17)18)16-5-3-4-9(16)11(19)20/h8-9,14-15H,3-7H2,1-2H3,(H,17,18)(H,19,20)(H,21,22)/t9-,13+/m0/s1. The van der Waals surface area contributed by atoms with Crippen molar-refractivity contribution in [3.63, 3.8) is 0 Å². The van der Waals surface area contributed by atoms with Gasteiger partial charge in [-0.15, -0.1) is 0 Å². The van der Waals surface area contributed by atoms with Crippen molar-refractivity contribution in [2.75, 3.05) is 13.1 Å². The number of nitrogens with one attached hydrogen (secondary N) is 2. The van der Waals surface area contributed by atoms with Gasteiger partial charge >= 0.3 is 17.9 Å². The minimum Gasteiger partial charge on any atom is -0.480 e. The summed E-state index contributed by atoms with van der Waals surface area (Å²) in [4.78, 5) is 35.3. The Morgan fingerprint density at radius 1 is 1.27 bits per heavy atom. The first-order valence-electron chi connectivity index (χ1n) is 7.15. The van der Waals surface area contributed by atoms with Crippen molar-refractivity contribution in [1.82, 2.24) is 15.8 Å². The smallest absolute Gasteiger partial charge is 0.340 e. The van der Waals surface area contributed by atoms with E-state index in [-0.39, 0.29) is 12.3 Å². The molecule has 0 aromatic heterocycles. The van der Waals surface area contributed by atoms with Crippen molar-refractivity contribution < 1.29 is 29.7 Å². The van der Waals surface area contributed by atoms with Crippen molar-refractivity contribution in [2.45, 2.75) is 44.8 Å². The lowest BCUT2D eigenvalue weighted by molar-refractivity contribution is -0.163. The van der Waals surface area contributed by atoms with Gasteiger partial charge in [0.2, 0.25) is 0 Å². The second-order valence-electron chi connectivity index (χ2n) is 5.83. The number of rotatable bonds is 9. The SMILES string of the molecule is CC(C)C[C@](NNCC(=O)O)(C(=O)O)N1CCC[C@H]1C(=O)O. The molecule has 0 spiro atoms. The normalized spacial score (nSPS) is 21.7. The minimum absolute atomic E-state index is 0.0368. The Labute approximate surface area is 128 Å². The number of nitrogens with zero attached hydrogens (tertiary/aromatic N) is 1.